The van der Waals surface area contributed by atoms with E-state index in [4.69, 9.17) is 5.11 Å². The SMILES string of the molecule is CC(NCC(C)(O)C#Cc1ccccc1)C(=O)O. The van der Waals surface area contributed by atoms with Crippen molar-refractivity contribution in [3.05, 3.63) is 35.9 Å². The van der Waals surface area contributed by atoms with Crippen LogP contribution in [0.2, 0.25) is 0 Å². The minimum Gasteiger partial charge on any atom is -0.480 e. The van der Waals surface area contributed by atoms with E-state index in [0.29, 0.717) is 0 Å². The molecule has 0 heterocycles. The summed E-state index contributed by atoms with van der Waals surface area (Å²) in [4.78, 5) is 10.6. The molecule has 0 aliphatic rings. The summed E-state index contributed by atoms with van der Waals surface area (Å²) in [5, 5.41) is 21.4. The molecular weight excluding hydrogens is 230 g/mol. The fourth-order valence-corrected chi connectivity index (χ4v) is 1.21. The number of rotatable bonds is 4. The molecule has 0 aromatic heterocycles. The van der Waals surface area contributed by atoms with Crippen LogP contribution in [0, 0.1) is 11.8 Å². The van der Waals surface area contributed by atoms with Crippen LogP contribution in [-0.4, -0.2) is 34.4 Å². The third kappa shape index (κ3) is 5.00. The van der Waals surface area contributed by atoms with Gasteiger partial charge in [-0.25, -0.2) is 0 Å². The maximum atomic E-state index is 10.6. The van der Waals surface area contributed by atoms with Crippen molar-refractivity contribution < 1.29 is 15.0 Å². The number of benzene rings is 1. The van der Waals surface area contributed by atoms with Gasteiger partial charge < -0.3 is 15.5 Å². The zero-order chi connectivity index (χ0) is 13.6. The van der Waals surface area contributed by atoms with Gasteiger partial charge in [0.2, 0.25) is 0 Å². The predicted octanol–water partition coefficient (Wildman–Crippen LogP) is 0.852. The first-order chi connectivity index (χ1) is 8.41. The van der Waals surface area contributed by atoms with E-state index in [2.05, 4.69) is 17.2 Å². The van der Waals surface area contributed by atoms with Crippen LogP contribution in [0.25, 0.3) is 0 Å². The van der Waals surface area contributed by atoms with E-state index in [9.17, 15) is 9.90 Å². The number of aliphatic carboxylic acids is 1. The van der Waals surface area contributed by atoms with Gasteiger partial charge in [-0.3, -0.25) is 4.79 Å². The predicted molar refractivity (Wildman–Crippen MR) is 69.0 cm³/mol. The summed E-state index contributed by atoms with van der Waals surface area (Å²) >= 11 is 0. The molecule has 0 amide bonds. The normalized spacial score (nSPS) is 15.1. The molecule has 0 radical (unpaired) electrons. The van der Waals surface area contributed by atoms with E-state index in [-0.39, 0.29) is 6.54 Å². The Kier molecular flexibility index (Phi) is 4.90. The zero-order valence-corrected chi connectivity index (χ0v) is 10.5. The van der Waals surface area contributed by atoms with Gasteiger partial charge in [-0.05, 0) is 26.0 Å². The molecule has 0 aliphatic carbocycles. The monoisotopic (exact) mass is 247 g/mol. The van der Waals surface area contributed by atoms with Gasteiger partial charge in [-0.1, -0.05) is 30.0 Å². The van der Waals surface area contributed by atoms with Crippen molar-refractivity contribution in [2.45, 2.75) is 25.5 Å². The van der Waals surface area contributed by atoms with Crippen molar-refractivity contribution in [1.29, 1.82) is 0 Å². The van der Waals surface area contributed by atoms with E-state index in [0.717, 1.165) is 5.56 Å². The van der Waals surface area contributed by atoms with Crippen LogP contribution in [-0.2, 0) is 4.79 Å². The third-order valence-corrected chi connectivity index (χ3v) is 2.37. The van der Waals surface area contributed by atoms with Gasteiger partial charge in [0, 0.05) is 12.1 Å². The summed E-state index contributed by atoms with van der Waals surface area (Å²) in [7, 11) is 0. The largest absolute Gasteiger partial charge is 0.480 e. The standard InChI is InChI=1S/C14H17NO3/c1-11(13(16)17)15-10-14(2,18)9-8-12-6-4-3-5-7-12/h3-7,11,15,18H,10H2,1-2H3,(H,16,17). The Hall–Kier alpha value is -1.83. The topological polar surface area (TPSA) is 69.6 Å². The molecule has 1 aromatic carbocycles. The lowest BCUT2D eigenvalue weighted by Crippen LogP contribution is -2.43. The minimum absolute atomic E-state index is 0.0975. The lowest BCUT2D eigenvalue weighted by molar-refractivity contribution is -0.139. The second kappa shape index (κ2) is 6.20. The molecule has 2 unspecified atom stereocenters. The molecule has 2 atom stereocenters. The Bertz CT molecular complexity index is 457. The highest BCUT2D eigenvalue weighted by Gasteiger charge is 2.19. The van der Waals surface area contributed by atoms with Crippen LogP contribution < -0.4 is 5.32 Å². The van der Waals surface area contributed by atoms with Crippen LogP contribution in [0.15, 0.2) is 30.3 Å². The van der Waals surface area contributed by atoms with Gasteiger partial charge in [-0.2, -0.15) is 0 Å². The maximum absolute atomic E-state index is 10.6. The molecule has 0 saturated carbocycles. The summed E-state index contributed by atoms with van der Waals surface area (Å²) in [6.45, 7) is 3.16. The first-order valence-electron chi connectivity index (χ1n) is 5.67. The Morgan fingerprint density at radius 3 is 2.61 bits per heavy atom. The van der Waals surface area contributed by atoms with Gasteiger partial charge in [0.15, 0.2) is 0 Å². The number of carbonyl (C=O) groups is 1. The molecular formula is C14H17NO3. The number of carboxylic acids is 1. The summed E-state index contributed by atoms with van der Waals surface area (Å²) < 4.78 is 0. The molecule has 3 N–H and O–H groups in total. The Labute approximate surface area is 107 Å². The molecule has 4 nitrogen and oxygen atoms in total. The lowest BCUT2D eigenvalue weighted by Gasteiger charge is -2.19. The highest BCUT2D eigenvalue weighted by atomic mass is 16.4. The molecule has 1 aromatic rings. The summed E-state index contributed by atoms with van der Waals surface area (Å²) in [5.74, 6) is 4.61. The van der Waals surface area contributed by atoms with Crippen LogP contribution >= 0.6 is 0 Å². The molecule has 0 saturated heterocycles. The summed E-state index contributed by atoms with van der Waals surface area (Å²) in [5.41, 5.74) is -0.455. The second-order valence-electron chi connectivity index (χ2n) is 4.33. The highest BCUT2D eigenvalue weighted by Crippen LogP contribution is 2.02. The van der Waals surface area contributed by atoms with Crippen LogP contribution in [0.4, 0.5) is 0 Å². The molecule has 0 spiro atoms. The van der Waals surface area contributed by atoms with Gasteiger partial charge >= 0.3 is 5.97 Å². The van der Waals surface area contributed by atoms with Crippen LogP contribution in [0.3, 0.4) is 0 Å². The number of hydrogen-bond donors (Lipinski definition) is 3. The first-order valence-corrected chi connectivity index (χ1v) is 5.67. The van der Waals surface area contributed by atoms with Crippen molar-refractivity contribution in [2.24, 2.45) is 0 Å². The lowest BCUT2D eigenvalue weighted by atomic mass is 10.1. The fourth-order valence-electron chi connectivity index (χ4n) is 1.21. The minimum atomic E-state index is -1.26. The maximum Gasteiger partial charge on any atom is 0.320 e. The van der Waals surface area contributed by atoms with E-state index in [1.54, 1.807) is 6.92 Å². The second-order valence-corrected chi connectivity index (χ2v) is 4.33. The number of aliphatic hydroxyl groups is 1. The molecule has 96 valence electrons. The summed E-state index contributed by atoms with van der Waals surface area (Å²) in [6.07, 6.45) is 0. The average Bonchev–Trinajstić information content (AvgIpc) is 2.35. The molecule has 0 aliphatic heterocycles. The quantitative estimate of drug-likeness (QED) is 0.690. The van der Waals surface area contributed by atoms with Crippen molar-refractivity contribution >= 4 is 5.97 Å². The summed E-state index contributed by atoms with van der Waals surface area (Å²) in [6, 6.07) is 8.59. The first kappa shape index (κ1) is 14.2. The number of hydrogen-bond acceptors (Lipinski definition) is 3. The van der Waals surface area contributed by atoms with Crippen LogP contribution in [0.1, 0.15) is 19.4 Å². The van der Waals surface area contributed by atoms with E-state index in [1.807, 2.05) is 30.3 Å². The van der Waals surface area contributed by atoms with Crippen molar-refractivity contribution in [1.82, 2.24) is 5.32 Å². The van der Waals surface area contributed by atoms with Gasteiger partial charge in [0.05, 0.1) is 0 Å². The molecule has 0 bridgehead atoms. The molecule has 18 heavy (non-hydrogen) atoms. The van der Waals surface area contributed by atoms with Gasteiger partial charge in [-0.15, -0.1) is 0 Å². The van der Waals surface area contributed by atoms with Crippen LogP contribution in [0.5, 0.6) is 0 Å². The van der Waals surface area contributed by atoms with E-state index in [1.165, 1.54) is 6.92 Å². The van der Waals surface area contributed by atoms with Gasteiger partial charge in [0.1, 0.15) is 11.6 Å². The smallest absolute Gasteiger partial charge is 0.320 e. The fraction of sp³-hybridized carbons (Fsp3) is 0.357. The van der Waals surface area contributed by atoms with E-state index < -0.39 is 17.6 Å². The van der Waals surface area contributed by atoms with Crippen molar-refractivity contribution in [3.63, 3.8) is 0 Å². The Morgan fingerprint density at radius 1 is 1.44 bits per heavy atom. The van der Waals surface area contributed by atoms with Gasteiger partial charge in [0.25, 0.3) is 0 Å². The zero-order valence-electron chi connectivity index (χ0n) is 10.5. The Morgan fingerprint density at radius 2 is 2.06 bits per heavy atom. The third-order valence-electron chi connectivity index (χ3n) is 2.37. The Balaban J connectivity index is 2.60. The molecule has 4 heteroatoms. The van der Waals surface area contributed by atoms with Crippen molar-refractivity contribution in [3.8, 4) is 11.8 Å². The molecule has 0 fully saturated rings. The van der Waals surface area contributed by atoms with Crippen molar-refractivity contribution in [2.75, 3.05) is 6.54 Å². The number of carboxylic acid groups (broad SMARTS) is 1. The average molecular weight is 247 g/mol. The molecule has 1 rings (SSSR count). The highest BCUT2D eigenvalue weighted by molar-refractivity contribution is 5.72. The van der Waals surface area contributed by atoms with E-state index >= 15 is 0 Å². The number of nitrogens with one attached hydrogen (secondary N) is 1.